The summed E-state index contributed by atoms with van der Waals surface area (Å²) in [6.45, 7) is 0.800. The molecule has 1 aliphatic rings. The van der Waals surface area contributed by atoms with Crippen LogP contribution in [0.5, 0.6) is 5.75 Å². The molecular weight excluding hydrogens is 202 g/mol. The Morgan fingerprint density at radius 3 is 3.00 bits per heavy atom. The van der Waals surface area contributed by atoms with E-state index in [1.807, 2.05) is 24.3 Å². The minimum absolute atomic E-state index is 0.0876. The second kappa shape index (κ2) is 5.03. The third kappa shape index (κ3) is 2.36. The summed E-state index contributed by atoms with van der Waals surface area (Å²) in [6, 6.07) is 7.78. The molecule has 1 aromatic carbocycles. The van der Waals surface area contributed by atoms with Gasteiger partial charge in [-0.1, -0.05) is 12.1 Å². The molecule has 3 heteroatoms. The van der Waals surface area contributed by atoms with Crippen LogP contribution in [0.2, 0.25) is 0 Å². The number of benzene rings is 1. The quantitative estimate of drug-likeness (QED) is 0.849. The average Bonchev–Trinajstić information content (AvgIpc) is 2.39. The molecule has 1 aromatic rings. The Balaban J connectivity index is 2.19. The molecule has 1 atom stereocenters. The maximum absolute atomic E-state index is 6.19. The van der Waals surface area contributed by atoms with Crippen LogP contribution in [0.1, 0.15) is 24.4 Å². The molecule has 0 aliphatic carbocycles. The zero-order chi connectivity index (χ0) is 11.4. The van der Waals surface area contributed by atoms with Crippen molar-refractivity contribution in [1.82, 2.24) is 0 Å². The van der Waals surface area contributed by atoms with Crippen molar-refractivity contribution in [2.45, 2.75) is 18.9 Å². The number of methoxy groups -OCH3 is 1. The fourth-order valence-corrected chi connectivity index (χ4v) is 1.86. The lowest BCUT2D eigenvalue weighted by Gasteiger charge is -2.20. The largest absolute Gasteiger partial charge is 0.501 e. The summed E-state index contributed by atoms with van der Waals surface area (Å²) in [4.78, 5) is 0. The molecule has 3 nitrogen and oxygen atoms in total. The van der Waals surface area contributed by atoms with Gasteiger partial charge in [0, 0.05) is 0 Å². The predicted molar refractivity (Wildman–Crippen MR) is 63.2 cm³/mol. The van der Waals surface area contributed by atoms with Gasteiger partial charge in [0.25, 0.3) is 0 Å². The van der Waals surface area contributed by atoms with Crippen LogP contribution in [0.3, 0.4) is 0 Å². The number of hydrogen-bond donors (Lipinski definition) is 1. The van der Waals surface area contributed by atoms with Gasteiger partial charge >= 0.3 is 0 Å². The van der Waals surface area contributed by atoms with Crippen LogP contribution in [-0.2, 0) is 4.74 Å². The Bertz CT molecular complexity index is 387. The molecule has 1 heterocycles. The molecule has 0 spiro atoms. The second-order valence-corrected chi connectivity index (χ2v) is 3.92. The molecule has 0 amide bonds. The molecule has 0 bridgehead atoms. The van der Waals surface area contributed by atoms with Crippen LogP contribution in [0.25, 0.3) is 0 Å². The molecule has 16 heavy (non-hydrogen) atoms. The third-order valence-electron chi connectivity index (χ3n) is 2.81. The zero-order valence-corrected chi connectivity index (χ0v) is 9.48. The molecular formula is C13H17NO2. The van der Waals surface area contributed by atoms with Gasteiger partial charge in [-0.05, 0) is 36.1 Å². The van der Waals surface area contributed by atoms with Gasteiger partial charge in [-0.2, -0.15) is 0 Å². The first kappa shape index (κ1) is 11.0. The van der Waals surface area contributed by atoms with E-state index in [0.29, 0.717) is 0 Å². The molecule has 0 fully saturated rings. The Morgan fingerprint density at radius 1 is 1.44 bits per heavy atom. The smallest absolute Gasteiger partial charge is 0.119 e. The number of hydrogen-bond acceptors (Lipinski definition) is 3. The van der Waals surface area contributed by atoms with Gasteiger partial charge < -0.3 is 15.2 Å². The van der Waals surface area contributed by atoms with Gasteiger partial charge in [-0.25, -0.2) is 0 Å². The number of ether oxygens (including phenoxy) is 2. The monoisotopic (exact) mass is 219 g/mol. The van der Waals surface area contributed by atoms with Crippen molar-refractivity contribution in [3.05, 3.63) is 41.7 Å². The van der Waals surface area contributed by atoms with Crippen LogP contribution in [-0.4, -0.2) is 13.7 Å². The lowest BCUT2D eigenvalue weighted by atomic mass is 9.96. The predicted octanol–water partition coefficient (Wildman–Crippen LogP) is 2.39. The van der Waals surface area contributed by atoms with Crippen LogP contribution in [0.4, 0.5) is 0 Å². The lowest BCUT2D eigenvalue weighted by Crippen LogP contribution is -2.16. The van der Waals surface area contributed by atoms with E-state index in [-0.39, 0.29) is 6.04 Å². The highest BCUT2D eigenvalue weighted by molar-refractivity contribution is 5.34. The van der Waals surface area contributed by atoms with Crippen molar-refractivity contribution in [3.8, 4) is 5.75 Å². The van der Waals surface area contributed by atoms with Gasteiger partial charge in [0.1, 0.15) is 5.75 Å². The highest BCUT2D eigenvalue weighted by atomic mass is 16.5. The molecule has 0 saturated heterocycles. The van der Waals surface area contributed by atoms with Crippen molar-refractivity contribution >= 4 is 0 Å². The van der Waals surface area contributed by atoms with E-state index < -0.39 is 0 Å². The maximum atomic E-state index is 6.19. The molecule has 0 saturated carbocycles. The maximum Gasteiger partial charge on any atom is 0.119 e. The van der Waals surface area contributed by atoms with Gasteiger partial charge in [0.15, 0.2) is 0 Å². The standard InChI is InChI=1S/C13H17NO2/c1-15-12-6-2-4-10(8-12)13(14)11-5-3-7-16-9-11/h2,4,6,8-9,13H,3,5,7,14H2,1H3. The average molecular weight is 219 g/mol. The summed E-state index contributed by atoms with van der Waals surface area (Å²) in [5, 5.41) is 0. The fraction of sp³-hybridized carbons (Fsp3) is 0.385. The summed E-state index contributed by atoms with van der Waals surface area (Å²) >= 11 is 0. The van der Waals surface area contributed by atoms with Crippen molar-refractivity contribution in [1.29, 1.82) is 0 Å². The van der Waals surface area contributed by atoms with E-state index in [1.165, 1.54) is 0 Å². The van der Waals surface area contributed by atoms with E-state index >= 15 is 0 Å². The Kier molecular flexibility index (Phi) is 3.47. The summed E-state index contributed by atoms with van der Waals surface area (Å²) < 4.78 is 10.5. The molecule has 1 aliphatic heterocycles. The Morgan fingerprint density at radius 2 is 2.31 bits per heavy atom. The lowest BCUT2D eigenvalue weighted by molar-refractivity contribution is 0.221. The van der Waals surface area contributed by atoms with Gasteiger partial charge in [-0.3, -0.25) is 0 Å². The minimum Gasteiger partial charge on any atom is -0.501 e. The van der Waals surface area contributed by atoms with E-state index in [9.17, 15) is 0 Å². The Labute approximate surface area is 95.9 Å². The number of nitrogens with two attached hydrogens (primary N) is 1. The molecule has 2 rings (SSSR count). The Hall–Kier alpha value is -1.48. The van der Waals surface area contributed by atoms with Gasteiger partial charge in [0.05, 0.1) is 26.0 Å². The molecule has 0 radical (unpaired) electrons. The SMILES string of the molecule is COc1cccc(C(N)C2=COCCC2)c1. The van der Waals surface area contributed by atoms with E-state index in [2.05, 4.69) is 0 Å². The van der Waals surface area contributed by atoms with Crippen molar-refractivity contribution in [3.63, 3.8) is 0 Å². The van der Waals surface area contributed by atoms with E-state index in [4.69, 9.17) is 15.2 Å². The summed E-state index contributed by atoms with van der Waals surface area (Å²) in [7, 11) is 1.66. The van der Waals surface area contributed by atoms with Crippen LogP contribution < -0.4 is 10.5 Å². The van der Waals surface area contributed by atoms with Crippen molar-refractivity contribution < 1.29 is 9.47 Å². The third-order valence-corrected chi connectivity index (χ3v) is 2.81. The van der Waals surface area contributed by atoms with E-state index in [0.717, 1.165) is 36.3 Å². The zero-order valence-electron chi connectivity index (χ0n) is 9.48. The normalized spacial score (nSPS) is 17.2. The van der Waals surface area contributed by atoms with Crippen molar-refractivity contribution in [2.75, 3.05) is 13.7 Å². The second-order valence-electron chi connectivity index (χ2n) is 3.92. The first-order valence-electron chi connectivity index (χ1n) is 5.51. The first-order chi connectivity index (χ1) is 7.81. The summed E-state index contributed by atoms with van der Waals surface area (Å²) in [5.74, 6) is 0.838. The first-order valence-corrected chi connectivity index (χ1v) is 5.51. The molecule has 1 unspecified atom stereocenters. The highest BCUT2D eigenvalue weighted by Gasteiger charge is 2.15. The van der Waals surface area contributed by atoms with Crippen molar-refractivity contribution in [2.24, 2.45) is 5.73 Å². The number of rotatable bonds is 3. The molecule has 2 N–H and O–H groups in total. The van der Waals surface area contributed by atoms with Crippen LogP contribution in [0, 0.1) is 0 Å². The summed E-state index contributed by atoms with van der Waals surface area (Å²) in [5.41, 5.74) is 8.41. The van der Waals surface area contributed by atoms with Gasteiger partial charge in [-0.15, -0.1) is 0 Å². The van der Waals surface area contributed by atoms with Gasteiger partial charge in [0.2, 0.25) is 0 Å². The fourth-order valence-electron chi connectivity index (χ4n) is 1.86. The van der Waals surface area contributed by atoms with Crippen LogP contribution >= 0.6 is 0 Å². The minimum atomic E-state index is -0.0876. The topological polar surface area (TPSA) is 44.5 Å². The summed E-state index contributed by atoms with van der Waals surface area (Å²) in [6.07, 6.45) is 3.86. The van der Waals surface area contributed by atoms with E-state index in [1.54, 1.807) is 13.4 Å². The van der Waals surface area contributed by atoms with Crippen LogP contribution in [0.15, 0.2) is 36.1 Å². The molecule has 0 aromatic heterocycles. The highest BCUT2D eigenvalue weighted by Crippen LogP contribution is 2.27. The molecule has 86 valence electrons.